The summed E-state index contributed by atoms with van der Waals surface area (Å²) < 4.78 is 0. The third-order valence-electron chi connectivity index (χ3n) is 6.03. The highest BCUT2D eigenvalue weighted by Crippen LogP contribution is 2.56. The van der Waals surface area contributed by atoms with E-state index in [1.165, 1.54) is 5.56 Å². The van der Waals surface area contributed by atoms with Gasteiger partial charge in [-0.05, 0) is 48.3 Å². The van der Waals surface area contributed by atoms with Crippen LogP contribution in [0.25, 0.3) is 0 Å². The molecule has 1 saturated carbocycles. The van der Waals surface area contributed by atoms with Gasteiger partial charge in [-0.25, -0.2) is 0 Å². The van der Waals surface area contributed by atoms with Crippen molar-refractivity contribution in [3.63, 3.8) is 0 Å². The third-order valence-corrected chi connectivity index (χ3v) is 6.03. The van der Waals surface area contributed by atoms with Crippen molar-refractivity contribution in [1.29, 1.82) is 0 Å². The van der Waals surface area contributed by atoms with Crippen LogP contribution in [0.3, 0.4) is 0 Å². The topological polar surface area (TPSA) is 66.4 Å². The van der Waals surface area contributed by atoms with Crippen molar-refractivity contribution in [2.75, 3.05) is 5.32 Å². The summed E-state index contributed by atoms with van der Waals surface area (Å²) in [7, 11) is 0. The number of carbonyl (C=O) groups is 2. The molecular weight excluding hydrogens is 302 g/mol. The molecule has 2 N–H and O–H groups in total. The number of benzene rings is 1. The van der Waals surface area contributed by atoms with E-state index in [9.17, 15) is 14.7 Å². The maximum atomic E-state index is 12.7. The first kappa shape index (κ1) is 18.5. The zero-order valence-electron chi connectivity index (χ0n) is 15.6. The Morgan fingerprint density at radius 1 is 1.12 bits per heavy atom. The van der Waals surface area contributed by atoms with E-state index in [0.717, 1.165) is 5.69 Å². The van der Waals surface area contributed by atoms with Crippen molar-refractivity contribution in [2.45, 2.75) is 59.8 Å². The Kier molecular flexibility index (Phi) is 4.55. The Bertz CT molecular complexity index is 640. The van der Waals surface area contributed by atoms with Crippen molar-refractivity contribution in [2.24, 2.45) is 16.7 Å². The quantitative estimate of drug-likeness (QED) is 0.860. The molecule has 0 saturated heterocycles. The molecule has 0 bridgehead atoms. The van der Waals surface area contributed by atoms with Crippen molar-refractivity contribution in [3.8, 4) is 0 Å². The summed E-state index contributed by atoms with van der Waals surface area (Å²) in [4.78, 5) is 24.4. The molecule has 1 aliphatic carbocycles. The number of amides is 1. The van der Waals surface area contributed by atoms with Crippen LogP contribution in [-0.4, -0.2) is 17.0 Å². The van der Waals surface area contributed by atoms with Crippen LogP contribution in [-0.2, 0) is 15.0 Å². The van der Waals surface area contributed by atoms with E-state index in [4.69, 9.17) is 0 Å². The van der Waals surface area contributed by atoms with Gasteiger partial charge in [-0.1, -0.05) is 46.8 Å². The molecule has 1 aliphatic rings. The molecule has 0 aliphatic heterocycles. The molecule has 0 aromatic heterocycles. The number of carboxylic acid groups (broad SMARTS) is 1. The first-order valence-electron chi connectivity index (χ1n) is 8.54. The molecule has 4 heteroatoms. The zero-order valence-corrected chi connectivity index (χ0v) is 15.6. The van der Waals surface area contributed by atoms with Gasteiger partial charge in [0.15, 0.2) is 0 Å². The first-order valence-corrected chi connectivity index (χ1v) is 8.54. The number of hydrogen-bond acceptors (Lipinski definition) is 2. The molecular formula is C20H29NO3. The Balaban J connectivity index is 2.15. The summed E-state index contributed by atoms with van der Waals surface area (Å²) in [6, 6.07) is 7.88. The molecule has 1 amide bonds. The van der Waals surface area contributed by atoms with E-state index >= 15 is 0 Å². The van der Waals surface area contributed by atoms with Gasteiger partial charge < -0.3 is 10.4 Å². The highest BCUT2D eigenvalue weighted by molar-refractivity contribution is 5.94. The Hall–Kier alpha value is -1.84. The minimum atomic E-state index is -0.870. The maximum absolute atomic E-state index is 12.7. The molecule has 0 heterocycles. The normalized spacial score (nSPS) is 26.2. The fraction of sp³-hybridized carbons (Fsp3) is 0.600. The SMILES string of the molecule is CC(C)(C)c1ccc(NC(=O)C2CCC(C)(C(=O)O)C2(C)C)cc1. The molecule has 4 nitrogen and oxygen atoms in total. The summed E-state index contributed by atoms with van der Waals surface area (Å²) in [6.07, 6.45) is 1.12. The zero-order chi connectivity index (χ0) is 18.3. The highest BCUT2D eigenvalue weighted by Gasteiger charge is 2.58. The predicted octanol–water partition coefficient (Wildman–Crippen LogP) is 4.45. The van der Waals surface area contributed by atoms with Gasteiger partial charge in [-0.3, -0.25) is 9.59 Å². The Morgan fingerprint density at radius 2 is 1.67 bits per heavy atom. The van der Waals surface area contributed by atoms with Gasteiger partial charge >= 0.3 is 5.97 Å². The number of aliphatic carboxylic acids is 1. The second-order valence-corrected chi connectivity index (χ2v) is 8.77. The monoisotopic (exact) mass is 331 g/mol. The number of anilines is 1. The minimum absolute atomic E-state index is 0.0687. The average Bonchev–Trinajstić information content (AvgIpc) is 2.70. The summed E-state index contributed by atoms with van der Waals surface area (Å²) in [6.45, 7) is 12.0. The standard InChI is InChI=1S/C20H29NO3/c1-18(2,3)13-7-9-14(10-8-13)21-16(22)15-11-12-20(6,17(23)24)19(15,4)5/h7-10,15H,11-12H2,1-6H3,(H,21,22)(H,23,24). The second-order valence-electron chi connectivity index (χ2n) is 8.77. The number of hydrogen-bond donors (Lipinski definition) is 2. The molecule has 24 heavy (non-hydrogen) atoms. The smallest absolute Gasteiger partial charge is 0.309 e. The first-order chi connectivity index (χ1) is 10.9. The molecule has 1 aromatic carbocycles. The van der Waals surface area contributed by atoms with E-state index < -0.39 is 16.8 Å². The number of carboxylic acids is 1. The third kappa shape index (κ3) is 3.06. The van der Waals surface area contributed by atoms with Crippen molar-refractivity contribution in [3.05, 3.63) is 29.8 Å². The van der Waals surface area contributed by atoms with Crippen LogP contribution in [0.4, 0.5) is 5.69 Å². The van der Waals surface area contributed by atoms with Gasteiger partial charge in [0.2, 0.25) is 5.91 Å². The van der Waals surface area contributed by atoms with Gasteiger partial charge in [0.25, 0.3) is 0 Å². The lowest BCUT2D eigenvalue weighted by Gasteiger charge is -2.37. The molecule has 2 rings (SSSR count). The fourth-order valence-electron chi connectivity index (χ4n) is 3.62. The second kappa shape index (κ2) is 5.91. The van der Waals surface area contributed by atoms with E-state index in [1.807, 2.05) is 38.1 Å². The van der Waals surface area contributed by atoms with Crippen molar-refractivity contribution >= 4 is 17.6 Å². The van der Waals surface area contributed by atoms with E-state index in [-0.39, 0.29) is 17.2 Å². The lowest BCUT2D eigenvalue weighted by atomic mass is 9.65. The Morgan fingerprint density at radius 3 is 2.08 bits per heavy atom. The Labute approximate surface area is 144 Å². The molecule has 132 valence electrons. The van der Waals surface area contributed by atoms with Gasteiger partial charge in [-0.15, -0.1) is 0 Å². The van der Waals surface area contributed by atoms with Gasteiger partial charge in [0, 0.05) is 11.6 Å². The molecule has 2 atom stereocenters. The molecule has 1 fully saturated rings. The predicted molar refractivity (Wildman–Crippen MR) is 96.0 cm³/mol. The molecule has 1 aromatic rings. The number of carbonyl (C=O) groups excluding carboxylic acids is 1. The maximum Gasteiger partial charge on any atom is 0.309 e. The largest absolute Gasteiger partial charge is 0.481 e. The van der Waals surface area contributed by atoms with Crippen LogP contribution < -0.4 is 5.32 Å². The van der Waals surface area contributed by atoms with E-state index in [2.05, 4.69) is 26.1 Å². The highest BCUT2D eigenvalue weighted by atomic mass is 16.4. The van der Waals surface area contributed by atoms with Gasteiger partial charge in [-0.2, -0.15) is 0 Å². The van der Waals surface area contributed by atoms with Crippen molar-refractivity contribution in [1.82, 2.24) is 0 Å². The van der Waals surface area contributed by atoms with Crippen LogP contribution in [0.5, 0.6) is 0 Å². The van der Waals surface area contributed by atoms with E-state index in [1.54, 1.807) is 6.92 Å². The van der Waals surface area contributed by atoms with Crippen LogP contribution in [0.15, 0.2) is 24.3 Å². The van der Waals surface area contributed by atoms with Crippen LogP contribution in [0.2, 0.25) is 0 Å². The molecule has 2 unspecified atom stereocenters. The molecule has 0 radical (unpaired) electrons. The minimum Gasteiger partial charge on any atom is -0.481 e. The summed E-state index contributed by atoms with van der Waals surface area (Å²) in [5, 5.41) is 12.5. The summed E-state index contributed by atoms with van der Waals surface area (Å²) in [5.41, 5.74) is 0.575. The average molecular weight is 331 g/mol. The lowest BCUT2D eigenvalue weighted by molar-refractivity contribution is -0.154. The van der Waals surface area contributed by atoms with Crippen LogP contribution in [0, 0.1) is 16.7 Å². The van der Waals surface area contributed by atoms with Crippen LogP contribution >= 0.6 is 0 Å². The van der Waals surface area contributed by atoms with Crippen molar-refractivity contribution < 1.29 is 14.7 Å². The summed E-state index contributed by atoms with van der Waals surface area (Å²) >= 11 is 0. The van der Waals surface area contributed by atoms with Gasteiger partial charge in [0.1, 0.15) is 0 Å². The molecule has 0 spiro atoms. The van der Waals surface area contributed by atoms with Crippen LogP contribution in [0.1, 0.15) is 59.9 Å². The number of rotatable bonds is 3. The number of nitrogens with one attached hydrogen (secondary N) is 1. The van der Waals surface area contributed by atoms with Gasteiger partial charge in [0.05, 0.1) is 5.41 Å². The fourth-order valence-corrected chi connectivity index (χ4v) is 3.62. The lowest BCUT2D eigenvalue weighted by Crippen LogP contribution is -2.43. The summed E-state index contributed by atoms with van der Waals surface area (Å²) in [5.74, 6) is -1.22. The van der Waals surface area contributed by atoms with E-state index in [0.29, 0.717) is 12.8 Å².